The third-order valence-corrected chi connectivity index (χ3v) is 2.92. The first-order valence-electron chi connectivity index (χ1n) is 5.78. The second-order valence-corrected chi connectivity index (χ2v) is 4.19. The van der Waals surface area contributed by atoms with Crippen LogP contribution in [0.25, 0.3) is 0 Å². The minimum atomic E-state index is -0.529. The minimum absolute atomic E-state index is 0.0749. The Morgan fingerprint density at radius 3 is 2.33 bits per heavy atom. The lowest BCUT2D eigenvalue weighted by atomic mass is 10.0. The van der Waals surface area contributed by atoms with Gasteiger partial charge in [0.2, 0.25) is 0 Å². The molecule has 0 aliphatic carbocycles. The van der Waals surface area contributed by atoms with Crippen LogP contribution < -0.4 is 5.32 Å². The molecule has 0 saturated heterocycles. The number of rotatable bonds is 4. The summed E-state index contributed by atoms with van der Waals surface area (Å²) in [6.45, 7) is 1.83. The first-order valence-corrected chi connectivity index (χ1v) is 5.78. The van der Waals surface area contributed by atoms with E-state index >= 15 is 0 Å². The zero-order valence-electron chi connectivity index (χ0n) is 10.3. The fourth-order valence-electron chi connectivity index (χ4n) is 1.92. The van der Waals surface area contributed by atoms with Gasteiger partial charge < -0.3 is 9.73 Å². The maximum absolute atomic E-state index is 13.6. The monoisotopic (exact) mass is 251 g/mol. The SMILES string of the molecule is CNC(Cc1c(F)cccc1F)c1ccc(C)o1. The van der Waals surface area contributed by atoms with E-state index in [1.807, 2.05) is 19.1 Å². The van der Waals surface area contributed by atoms with Gasteiger partial charge in [0.1, 0.15) is 23.2 Å². The highest BCUT2D eigenvalue weighted by molar-refractivity contribution is 5.22. The summed E-state index contributed by atoms with van der Waals surface area (Å²) in [5.41, 5.74) is 0.0749. The lowest BCUT2D eigenvalue weighted by molar-refractivity contribution is 0.406. The number of nitrogens with one attached hydrogen (secondary N) is 1. The summed E-state index contributed by atoms with van der Waals surface area (Å²) in [7, 11) is 1.74. The van der Waals surface area contributed by atoms with Crippen LogP contribution in [0.3, 0.4) is 0 Å². The lowest BCUT2D eigenvalue weighted by Crippen LogP contribution is -2.19. The van der Waals surface area contributed by atoms with Crippen LogP contribution in [0, 0.1) is 18.6 Å². The van der Waals surface area contributed by atoms with Gasteiger partial charge in [0, 0.05) is 12.0 Å². The van der Waals surface area contributed by atoms with Gasteiger partial charge >= 0.3 is 0 Å². The second kappa shape index (κ2) is 5.31. The Balaban J connectivity index is 2.26. The molecule has 1 aromatic heterocycles. The Labute approximate surface area is 105 Å². The third kappa shape index (κ3) is 2.59. The molecule has 0 bridgehead atoms. The van der Waals surface area contributed by atoms with Gasteiger partial charge in [-0.25, -0.2) is 8.78 Å². The van der Waals surface area contributed by atoms with Gasteiger partial charge in [0.05, 0.1) is 6.04 Å². The first-order chi connectivity index (χ1) is 8.61. The summed E-state index contributed by atoms with van der Waals surface area (Å²) in [5.74, 6) is 0.397. The number of halogens is 2. The summed E-state index contributed by atoms with van der Waals surface area (Å²) in [6, 6.07) is 7.29. The highest BCUT2D eigenvalue weighted by atomic mass is 19.1. The molecule has 2 rings (SSSR count). The van der Waals surface area contributed by atoms with Gasteiger partial charge in [-0.2, -0.15) is 0 Å². The Morgan fingerprint density at radius 2 is 1.83 bits per heavy atom. The molecule has 1 aromatic carbocycles. The van der Waals surface area contributed by atoms with Crippen LogP contribution in [0.1, 0.15) is 23.1 Å². The third-order valence-electron chi connectivity index (χ3n) is 2.92. The van der Waals surface area contributed by atoms with E-state index in [2.05, 4.69) is 5.32 Å². The number of hydrogen-bond donors (Lipinski definition) is 1. The van der Waals surface area contributed by atoms with Crippen molar-refractivity contribution in [3.63, 3.8) is 0 Å². The summed E-state index contributed by atoms with van der Waals surface area (Å²) in [4.78, 5) is 0. The van der Waals surface area contributed by atoms with E-state index in [0.717, 1.165) is 5.76 Å². The predicted octanol–water partition coefficient (Wildman–Crippen LogP) is 3.37. The molecule has 0 aliphatic heterocycles. The summed E-state index contributed by atoms with van der Waals surface area (Å²) in [6.07, 6.45) is 0.210. The van der Waals surface area contributed by atoms with Crippen molar-refractivity contribution >= 4 is 0 Å². The van der Waals surface area contributed by atoms with Gasteiger partial charge in [-0.3, -0.25) is 0 Å². The van der Waals surface area contributed by atoms with Crippen molar-refractivity contribution < 1.29 is 13.2 Å². The molecule has 1 unspecified atom stereocenters. The maximum Gasteiger partial charge on any atom is 0.129 e. The van der Waals surface area contributed by atoms with Crippen LogP contribution in [-0.2, 0) is 6.42 Å². The van der Waals surface area contributed by atoms with E-state index in [-0.39, 0.29) is 18.0 Å². The highest BCUT2D eigenvalue weighted by Crippen LogP contribution is 2.23. The van der Waals surface area contributed by atoms with Gasteiger partial charge in [-0.1, -0.05) is 6.07 Å². The maximum atomic E-state index is 13.6. The molecule has 0 radical (unpaired) electrons. The number of hydrogen-bond acceptors (Lipinski definition) is 2. The van der Waals surface area contributed by atoms with Crippen molar-refractivity contribution in [2.75, 3.05) is 7.05 Å². The lowest BCUT2D eigenvalue weighted by Gasteiger charge is -2.14. The fraction of sp³-hybridized carbons (Fsp3) is 0.286. The van der Waals surface area contributed by atoms with E-state index in [9.17, 15) is 8.78 Å². The Kier molecular flexibility index (Phi) is 3.77. The van der Waals surface area contributed by atoms with Crippen molar-refractivity contribution in [2.45, 2.75) is 19.4 Å². The van der Waals surface area contributed by atoms with E-state index in [1.54, 1.807) is 7.05 Å². The molecule has 2 aromatic rings. The second-order valence-electron chi connectivity index (χ2n) is 4.19. The quantitative estimate of drug-likeness (QED) is 0.901. The molecule has 96 valence electrons. The molecule has 2 nitrogen and oxygen atoms in total. The predicted molar refractivity (Wildman–Crippen MR) is 65.3 cm³/mol. The topological polar surface area (TPSA) is 25.2 Å². The molecule has 1 N–H and O–H groups in total. The van der Waals surface area contributed by atoms with Gasteiger partial charge in [0.25, 0.3) is 0 Å². The van der Waals surface area contributed by atoms with Crippen molar-refractivity contribution in [2.24, 2.45) is 0 Å². The normalized spacial score (nSPS) is 12.7. The number of aryl methyl sites for hydroxylation is 1. The average molecular weight is 251 g/mol. The molecule has 1 atom stereocenters. The van der Waals surface area contributed by atoms with Gasteiger partial charge in [-0.05, 0) is 38.2 Å². The standard InChI is InChI=1S/C14H15F2NO/c1-9-6-7-14(18-9)13(17-2)8-10-11(15)4-3-5-12(10)16/h3-7,13,17H,8H2,1-2H3. The average Bonchev–Trinajstić information content (AvgIpc) is 2.76. The number of furan rings is 1. The molecular weight excluding hydrogens is 236 g/mol. The smallest absolute Gasteiger partial charge is 0.129 e. The van der Waals surface area contributed by atoms with E-state index < -0.39 is 11.6 Å². The van der Waals surface area contributed by atoms with Crippen molar-refractivity contribution in [1.29, 1.82) is 0 Å². The molecule has 1 heterocycles. The van der Waals surface area contributed by atoms with Crippen molar-refractivity contribution in [3.05, 3.63) is 59.1 Å². The Morgan fingerprint density at radius 1 is 1.17 bits per heavy atom. The van der Waals surface area contributed by atoms with Gasteiger partial charge in [-0.15, -0.1) is 0 Å². The molecule has 0 amide bonds. The molecular formula is C14H15F2NO. The van der Waals surface area contributed by atoms with E-state index in [4.69, 9.17) is 4.42 Å². The molecule has 0 fully saturated rings. The molecule has 0 spiro atoms. The molecule has 4 heteroatoms. The summed E-state index contributed by atoms with van der Waals surface area (Å²) in [5, 5.41) is 3.01. The largest absolute Gasteiger partial charge is 0.465 e. The molecule has 0 saturated carbocycles. The van der Waals surface area contributed by atoms with Crippen LogP contribution in [0.4, 0.5) is 8.78 Å². The Bertz CT molecular complexity index is 516. The first kappa shape index (κ1) is 12.8. The summed E-state index contributed by atoms with van der Waals surface area (Å²) < 4.78 is 32.6. The van der Waals surface area contributed by atoms with Crippen molar-refractivity contribution in [3.8, 4) is 0 Å². The van der Waals surface area contributed by atoms with Gasteiger partial charge in [0.15, 0.2) is 0 Å². The van der Waals surface area contributed by atoms with E-state index in [1.165, 1.54) is 18.2 Å². The van der Waals surface area contributed by atoms with Crippen molar-refractivity contribution in [1.82, 2.24) is 5.32 Å². The van der Waals surface area contributed by atoms with Crippen LogP contribution in [-0.4, -0.2) is 7.05 Å². The van der Waals surface area contributed by atoms with Crippen LogP contribution >= 0.6 is 0 Å². The fourth-order valence-corrected chi connectivity index (χ4v) is 1.92. The van der Waals surface area contributed by atoms with Crippen LogP contribution in [0.5, 0.6) is 0 Å². The molecule has 0 aliphatic rings. The zero-order valence-corrected chi connectivity index (χ0v) is 10.3. The number of likely N-dealkylation sites (N-methyl/N-ethyl adjacent to an activating group) is 1. The summed E-state index contributed by atoms with van der Waals surface area (Å²) >= 11 is 0. The Hall–Kier alpha value is -1.68. The van der Waals surface area contributed by atoms with Crippen LogP contribution in [0.2, 0.25) is 0 Å². The van der Waals surface area contributed by atoms with E-state index in [0.29, 0.717) is 5.76 Å². The van der Waals surface area contributed by atoms with Crippen LogP contribution in [0.15, 0.2) is 34.7 Å². The zero-order chi connectivity index (χ0) is 13.1. The number of benzene rings is 1. The highest BCUT2D eigenvalue weighted by Gasteiger charge is 2.18. The minimum Gasteiger partial charge on any atom is -0.465 e. The molecule has 18 heavy (non-hydrogen) atoms.